The van der Waals surface area contributed by atoms with E-state index >= 15 is 0 Å². The molecule has 1 aromatic carbocycles. The van der Waals surface area contributed by atoms with Crippen molar-refractivity contribution in [1.82, 2.24) is 4.98 Å². The highest BCUT2D eigenvalue weighted by Crippen LogP contribution is 2.26. The van der Waals surface area contributed by atoms with Gasteiger partial charge in [-0.1, -0.05) is 11.8 Å². The number of carbonyl (C=O) groups is 1. The second-order valence-corrected chi connectivity index (χ2v) is 6.28. The molecule has 0 aliphatic carbocycles. The molecule has 2 rings (SSSR count). The first-order chi connectivity index (χ1) is 9.92. The van der Waals surface area contributed by atoms with Crippen LogP contribution in [-0.4, -0.2) is 17.1 Å². The summed E-state index contributed by atoms with van der Waals surface area (Å²) in [7, 11) is 0. The SMILES string of the molecule is CSc1nc(C)c(CC(=O)Nc2ccc(F)c(F)c2F)s1. The van der Waals surface area contributed by atoms with Crippen molar-refractivity contribution in [3.63, 3.8) is 0 Å². The molecular formula is C13H11F3N2OS2. The molecule has 0 unspecified atom stereocenters. The normalized spacial score (nSPS) is 10.7. The standard InChI is InChI=1S/C13H11F3N2OS2/c1-6-9(21-13(17-6)20-2)5-10(19)18-8-4-3-7(14)11(15)12(8)16/h3-4H,5H2,1-2H3,(H,18,19). The summed E-state index contributed by atoms with van der Waals surface area (Å²) in [4.78, 5) is 16.9. The van der Waals surface area contributed by atoms with E-state index in [0.717, 1.165) is 27.0 Å². The van der Waals surface area contributed by atoms with E-state index in [-0.39, 0.29) is 12.1 Å². The fourth-order valence-electron chi connectivity index (χ4n) is 1.62. The van der Waals surface area contributed by atoms with Crippen LogP contribution in [0, 0.1) is 24.4 Å². The Labute approximate surface area is 127 Å². The minimum absolute atomic E-state index is 0.00248. The third kappa shape index (κ3) is 3.56. The minimum atomic E-state index is -1.61. The third-order valence-corrected chi connectivity index (χ3v) is 4.82. The minimum Gasteiger partial charge on any atom is -0.323 e. The first-order valence-electron chi connectivity index (χ1n) is 5.86. The van der Waals surface area contributed by atoms with Gasteiger partial charge in [0.25, 0.3) is 0 Å². The Balaban J connectivity index is 2.12. The van der Waals surface area contributed by atoms with E-state index in [4.69, 9.17) is 0 Å². The maximum Gasteiger partial charge on any atom is 0.229 e. The second kappa shape index (κ2) is 6.48. The zero-order chi connectivity index (χ0) is 15.6. The Morgan fingerprint density at radius 2 is 2.05 bits per heavy atom. The molecule has 2 aromatic rings. The van der Waals surface area contributed by atoms with Gasteiger partial charge in [-0.15, -0.1) is 11.3 Å². The number of carbonyl (C=O) groups excluding carboxylic acids is 1. The molecule has 3 nitrogen and oxygen atoms in total. The molecule has 1 N–H and O–H groups in total. The topological polar surface area (TPSA) is 42.0 Å². The molecule has 112 valence electrons. The monoisotopic (exact) mass is 332 g/mol. The van der Waals surface area contributed by atoms with Crippen LogP contribution in [0.25, 0.3) is 0 Å². The van der Waals surface area contributed by atoms with E-state index in [2.05, 4.69) is 10.3 Å². The van der Waals surface area contributed by atoms with Crippen molar-refractivity contribution in [2.75, 3.05) is 11.6 Å². The van der Waals surface area contributed by atoms with Gasteiger partial charge >= 0.3 is 0 Å². The first-order valence-corrected chi connectivity index (χ1v) is 7.90. The lowest BCUT2D eigenvalue weighted by atomic mass is 10.2. The number of aromatic nitrogens is 1. The van der Waals surface area contributed by atoms with Crippen molar-refractivity contribution >= 4 is 34.7 Å². The molecule has 0 radical (unpaired) electrons. The van der Waals surface area contributed by atoms with Gasteiger partial charge in [0.05, 0.1) is 17.8 Å². The van der Waals surface area contributed by atoms with Crippen molar-refractivity contribution in [3.8, 4) is 0 Å². The van der Waals surface area contributed by atoms with Gasteiger partial charge in [-0.2, -0.15) is 0 Å². The van der Waals surface area contributed by atoms with Crippen LogP contribution in [0.1, 0.15) is 10.6 Å². The van der Waals surface area contributed by atoms with Crippen molar-refractivity contribution in [3.05, 3.63) is 40.2 Å². The number of thiazole rings is 1. The van der Waals surface area contributed by atoms with E-state index in [1.165, 1.54) is 23.1 Å². The van der Waals surface area contributed by atoms with Crippen LogP contribution in [0.2, 0.25) is 0 Å². The number of hydrogen-bond acceptors (Lipinski definition) is 4. The fraction of sp³-hybridized carbons (Fsp3) is 0.231. The van der Waals surface area contributed by atoms with Gasteiger partial charge in [-0.25, -0.2) is 18.2 Å². The van der Waals surface area contributed by atoms with Gasteiger partial charge < -0.3 is 5.32 Å². The van der Waals surface area contributed by atoms with Crippen LogP contribution in [0.15, 0.2) is 16.5 Å². The van der Waals surface area contributed by atoms with Crippen molar-refractivity contribution in [2.45, 2.75) is 17.7 Å². The highest BCUT2D eigenvalue weighted by molar-refractivity contribution is 8.00. The average molecular weight is 332 g/mol. The van der Waals surface area contributed by atoms with Crippen molar-refractivity contribution < 1.29 is 18.0 Å². The van der Waals surface area contributed by atoms with E-state index in [1.807, 2.05) is 6.26 Å². The van der Waals surface area contributed by atoms with Crippen LogP contribution in [0.4, 0.5) is 18.9 Å². The predicted molar refractivity (Wildman–Crippen MR) is 77.3 cm³/mol. The number of anilines is 1. The smallest absolute Gasteiger partial charge is 0.229 e. The van der Waals surface area contributed by atoms with Crippen molar-refractivity contribution in [2.24, 2.45) is 0 Å². The lowest BCUT2D eigenvalue weighted by Crippen LogP contribution is -2.16. The van der Waals surface area contributed by atoms with Crippen LogP contribution in [0.5, 0.6) is 0 Å². The highest BCUT2D eigenvalue weighted by atomic mass is 32.2. The van der Waals surface area contributed by atoms with Crippen LogP contribution in [-0.2, 0) is 11.2 Å². The Hall–Kier alpha value is -1.54. The number of nitrogens with one attached hydrogen (secondary N) is 1. The van der Waals surface area contributed by atoms with Gasteiger partial charge in [-0.05, 0) is 25.3 Å². The predicted octanol–water partition coefficient (Wildman–Crippen LogP) is 3.77. The molecule has 0 atom stereocenters. The lowest BCUT2D eigenvalue weighted by molar-refractivity contribution is -0.115. The molecule has 0 spiro atoms. The summed E-state index contributed by atoms with van der Waals surface area (Å²) < 4.78 is 40.2. The molecule has 0 aliphatic rings. The largest absolute Gasteiger partial charge is 0.323 e. The molecule has 0 bridgehead atoms. The van der Waals surface area contributed by atoms with Crippen LogP contribution in [0.3, 0.4) is 0 Å². The van der Waals surface area contributed by atoms with E-state index in [0.29, 0.717) is 0 Å². The average Bonchev–Trinajstić information content (AvgIpc) is 2.80. The Bertz CT molecular complexity index is 688. The van der Waals surface area contributed by atoms with Crippen LogP contribution < -0.4 is 5.32 Å². The third-order valence-electron chi connectivity index (χ3n) is 2.68. The number of nitrogens with zero attached hydrogens (tertiary/aromatic N) is 1. The summed E-state index contributed by atoms with van der Waals surface area (Å²) in [6.45, 7) is 1.77. The summed E-state index contributed by atoms with van der Waals surface area (Å²) >= 11 is 2.84. The second-order valence-electron chi connectivity index (χ2n) is 4.14. The Morgan fingerprint density at radius 3 is 2.67 bits per heavy atom. The molecular weight excluding hydrogens is 321 g/mol. The zero-order valence-electron chi connectivity index (χ0n) is 11.2. The summed E-state index contributed by atoms with van der Waals surface area (Å²) in [5, 5.41) is 2.23. The number of hydrogen-bond donors (Lipinski definition) is 1. The fourth-order valence-corrected chi connectivity index (χ4v) is 3.27. The van der Waals surface area contributed by atoms with Gasteiger partial charge in [0.2, 0.25) is 5.91 Å². The molecule has 1 aromatic heterocycles. The molecule has 0 aliphatic heterocycles. The van der Waals surface area contributed by atoms with Crippen LogP contribution >= 0.6 is 23.1 Å². The summed E-state index contributed by atoms with van der Waals surface area (Å²) in [6.07, 6.45) is 1.88. The molecule has 1 amide bonds. The number of rotatable bonds is 4. The highest BCUT2D eigenvalue weighted by Gasteiger charge is 2.17. The summed E-state index contributed by atoms with van der Waals surface area (Å²) in [6, 6.07) is 1.75. The van der Waals surface area contributed by atoms with E-state index in [1.54, 1.807) is 6.92 Å². The number of thioether (sulfide) groups is 1. The zero-order valence-corrected chi connectivity index (χ0v) is 12.8. The number of amides is 1. The number of aryl methyl sites for hydroxylation is 1. The van der Waals surface area contributed by atoms with Gasteiger partial charge in [-0.3, -0.25) is 4.79 Å². The summed E-state index contributed by atoms with van der Waals surface area (Å²) in [5.41, 5.74) is 0.344. The van der Waals surface area contributed by atoms with Crippen molar-refractivity contribution in [1.29, 1.82) is 0 Å². The Morgan fingerprint density at radius 1 is 1.33 bits per heavy atom. The number of benzene rings is 1. The Kier molecular flexibility index (Phi) is 4.89. The summed E-state index contributed by atoms with van der Waals surface area (Å²) in [5.74, 6) is -4.83. The molecule has 8 heteroatoms. The van der Waals surface area contributed by atoms with Gasteiger partial charge in [0, 0.05) is 4.88 Å². The number of halogens is 3. The molecule has 0 saturated carbocycles. The van der Waals surface area contributed by atoms with E-state index < -0.39 is 23.4 Å². The van der Waals surface area contributed by atoms with Gasteiger partial charge in [0.15, 0.2) is 17.5 Å². The molecule has 21 heavy (non-hydrogen) atoms. The lowest BCUT2D eigenvalue weighted by Gasteiger charge is -2.06. The van der Waals surface area contributed by atoms with Gasteiger partial charge in [0.1, 0.15) is 4.34 Å². The first kappa shape index (κ1) is 15.8. The van der Waals surface area contributed by atoms with E-state index in [9.17, 15) is 18.0 Å². The maximum absolute atomic E-state index is 13.5. The molecule has 1 heterocycles. The molecule has 0 fully saturated rings. The molecule has 0 saturated heterocycles. The quantitative estimate of drug-likeness (QED) is 0.684. The maximum atomic E-state index is 13.5.